The van der Waals surface area contributed by atoms with Gasteiger partial charge in [0.15, 0.2) is 0 Å². The third-order valence-corrected chi connectivity index (χ3v) is 4.55. The Hall–Kier alpha value is -0.240. The molecular weight excluding hydrogens is 265 g/mol. The van der Waals surface area contributed by atoms with Crippen LogP contribution in [0.1, 0.15) is 32.3 Å². The molecule has 100 valence electrons. The number of benzene rings is 1. The molecular formula is C15H21Cl2N. The molecule has 1 atom stereocenters. The topological polar surface area (TPSA) is 12.0 Å². The fourth-order valence-electron chi connectivity index (χ4n) is 2.66. The molecule has 1 fully saturated rings. The summed E-state index contributed by atoms with van der Waals surface area (Å²) in [6, 6.07) is 5.77. The van der Waals surface area contributed by atoms with E-state index in [4.69, 9.17) is 23.2 Å². The summed E-state index contributed by atoms with van der Waals surface area (Å²) < 4.78 is 0. The molecule has 1 aromatic carbocycles. The van der Waals surface area contributed by atoms with Crippen LogP contribution in [0.15, 0.2) is 18.2 Å². The molecule has 18 heavy (non-hydrogen) atoms. The molecule has 0 amide bonds. The van der Waals surface area contributed by atoms with Crippen molar-refractivity contribution in [2.75, 3.05) is 13.1 Å². The number of hydrogen-bond acceptors (Lipinski definition) is 1. The molecule has 1 aliphatic carbocycles. The lowest BCUT2D eigenvalue weighted by atomic mass is 9.79. The fourth-order valence-corrected chi connectivity index (χ4v) is 3.03. The first-order valence-corrected chi connectivity index (χ1v) is 7.45. The zero-order valence-electron chi connectivity index (χ0n) is 11.1. The van der Waals surface area contributed by atoms with Crippen LogP contribution in [0.3, 0.4) is 0 Å². The van der Waals surface area contributed by atoms with Crippen molar-refractivity contribution in [2.24, 2.45) is 11.3 Å². The molecule has 1 unspecified atom stereocenters. The summed E-state index contributed by atoms with van der Waals surface area (Å²) in [5.74, 6) is 0.826. The number of rotatable bonds is 6. The summed E-state index contributed by atoms with van der Waals surface area (Å²) >= 11 is 12.4. The summed E-state index contributed by atoms with van der Waals surface area (Å²) in [4.78, 5) is 0. The minimum absolute atomic E-state index is 0.296. The Labute approximate surface area is 120 Å². The molecule has 0 aromatic heterocycles. The summed E-state index contributed by atoms with van der Waals surface area (Å²) in [7, 11) is 0. The molecule has 3 heteroatoms. The second-order valence-electron chi connectivity index (χ2n) is 5.62. The average Bonchev–Trinajstić information content (AvgIpc) is 3.16. The van der Waals surface area contributed by atoms with Crippen LogP contribution < -0.4 is 5.32 Å². The molecule has 1 aromatic rings. The van der Waals surface area contributed by atoms with Crippen molar-refractivity contribution in [3.8, 4) is 0 Å². The van der Waals surface area contributed by atoms with Crippen molar-refractivity contribution >= 4 is 23.2 Å². The summed E-state index contributed by atoms with van der Waals surface area (Å²) in [6.07, 6.45) is 3.70. The molecule has 2 rings (SSSR count). The van der Waals surface area contributed by atoms with Gasteiger partial charge in [0.25, 0.3) is 0 Å². The SMILES string of the molecule is CCNCC(C)(Cc1cc(Cl)ccc1Cl)C1CC1. The minimum Gasteiger partial charge on any atom is -0.316 e. The number of hydrogen-bond donors (Lipinski definition) is 1. The highest BCUT2D eigenvalue weighted by Gasteiger charge is 2.41. The van der Waals surface area contributed by atoms with Gasteiger partial charge in [0.1, 0.15) is 0 Å². The second kappa shape index (κ2) is 5.81. The molecule has 0 spiro atoms. The maximum Gasteiger partial charge on any atom is 0.0439 e. The van der Waals surface area contributed by atoms with Gasteiger partial charge < -0.3 is 5.32 Å². The van der Waals surface area contributed by atoms with E-state index in [2.05, 4.69) is 19.2 Å². The Balaban J connectivity index is 2.15. The van der Waals surface area contributed by atoms with Crippen LogP contribution in [0.5, 0.6) is 0 Å². The third-order valence-electron chi connectivity index (χ3n) is 3.94. The number of halogens is 2. The number of nitrogens with one attached hydrogen (secondary N) is 1. The molecule has 1 nitrogen and oxygen atoms in total. The maximum atomic E-state index is 6.28. The van der Waals surface area contributed by atoms with Crippen LogP contribution in [0.2, 0.25) is 10.0 Å². The lowest BCUT2D eigenvalue weighted by Gasteiger charge is -2.30. The molecule has 1 N–H and O–H groups in total. The Morgan fingerprint density at radius 1 is 1.33 bits per heavy atom. The van der Waals surface area contributed by atoms with Crippen LogP contribution in [0.4, 0.5) is 0 Å². The highest BCUT2D eigenvalue weighted by molar-refractivity contribution is 6.33. The lowest BCUT2D eigenvalue weighted by molar-refractivity contribution is 0.258. The normalized spacial score (nSPS) is 18.7. The van der Waals surface area contributed by atoms with Gasteiger partial charge in [-0.15, -0.1) is 0 Å². The van der Waals surface area contributed by atoms with E-state index in [1.807, 2.05) is 18.2 Å². The molecule has 0 bridgehead atoms. The van der Waals surface area contributed by atoms with E-state index in [9.17, 15) is 0 Å². The summed E-state index contributed by atoms with van der Waals surface area (Å²) in [6.45, 7) is 6.59. The zero-order chi connectivity index (χ0) is 13.2. The van der Waals surface area contributed by atoms with Crippen molar-refractivity contribution in [1.82, 2.24) is 5.32 Å². The Morgan fingerprint density at radius 2 is 2.06 bits per heavy atom. The molecule has 0 aliphatic heterocycles. The Bertz CT molecular complexity index is 415. The van der Waals surface area contributed by atoms with Gasteiger partial charge in [0.05, 0.1) is 0 Å². The van der Waals surface area contributed by atoms with Gasteiger partial charge in [-0.2, -0.15) is 0 Å². The lowest BCUT2D eigenvalue weighted by Crippen LogP contribution is -2.35. The van der Waals surface area contributed by atoms with E-state index in [-0.39, 0.29) is 0 Å². The van der Waals surface area contributed by atoms with Crippen molar-refractivity contribution in [1.29, 1.82) is 0 Å². The van der Waals surface area contributed by atoms with Crippen LogP contribution in [-0.4, -0.2) is 13.1 Å². The van der Waals surface area contributed by atoms with E-state index in [0.29, 0.717) is 5.41 Å². The second-order valence-corrected chi connectivity index (χ2v) is 6.46. The molecule has 0 saturated heterocycles. The first-order chi connectivity index (χ1) is 8.55. The molecule has 0 heterocycles. The first kappa shape index (κ1) is 14.2. The largest absolute Gasteiger partial charge is 0.316 e. The van der Waals surface area contributed by atoms with Crippen molar-refractivity contribution in [3.05, 3.63) is 33.8 Å². The van der Waals surface area contributed by atoms with Gasteiger partial charge in [-0.1, -0.05) is 37.0 Å². The minimum atomic E-state index is 0.296. The van der Waals surface area contributed by atoms with Crippen LogP contribution >= 0.6 is 23.2 Å². The highest BCUT2D eigenvalue weighted by atomic mass is 35.5. The van der Waals surface area contributed by atoms with Crippen molar-refractivity contribution < 1.29 is 0 Å². The van der Waals surface area contributed by atoms with Crippen LogP contribution in [0, 0.1) is 11.3 Å². The smallest absolute Gasteiger partial charge is 0.0439 e. The molecule has 1 aliphatic rings. The monoisotopic (exact) mass is 285 g/mol. The summed E-state index contributed by atoms with van der Waals surface area (Å²) in [5.41, 5.74) is 1.47. The summed E-state index contributed by atoms with van der Waals surface area (Å²) in [5, 5.41) is 5.10. The van der Waals surface area contributed by atoms with Crippen LogP contribution in [0.25, 0.3) is 0 Å². The van der Waals surface area contributed by atoms with E-state index in [1.54, 1.807) is 0 Å². The molecule has 0 radical (unpaired) electrons. The van der Waals surface area contributed by atoms with Gasteiger partial charge >= 0.3 is 0 Å². The van der Waals surface area contributed by atoms with Crippen molar-refractivity contribution in [2.45, 2.75) is 33.1 Å². The zero-order valence-corrected chi connectivity index (χ0v) is 12.6. The Kier molecular flexibility index (Phi) is 4.58. The van der Waals surface area contributed by atoms with E-state index in [1.165, 1.54) is 18.4 Å². The van der Waals surface area contributed by atoms with E-state index in [0.717, 1.165) is 35.5 Å². The predicted molar refractivity (Wildman–Crippen MR) is 79.5 cm³/mol. The maximum absolute atomic E-state index is 6.28. The van der Waals surface area contributed by atoms with Crippen molar-refractivity contribution in [3.63, 3.8) is 0 Å². The Morgan fingerprint density at radius 3 is 2.67 bits per heavy atom. The highest BCUT2D eigenvalue weighted by Crippen LogP contribution is 2.47. The standard InChI is InChI=1S/C15H21Cl2N/c1-3-18-10-15(2,12-4-5-12)9-11-8-13(16)6-7-14(11)17/h6-8,12,18H,3-5,9-10H2,1-2H3. The average molecular weight is 286 g/mol. The molecule has 1 saturated carbocycles. The fraction of sp³-hybridized carbons (Fsp3) is 0.600. The van der Waals surface area contributed by atoms with Crippen LogP contribution in [-0.2, 0) is 6.42 Å². The first-order valence-electron chi connectivity index (χ1n) is 6.70. The van der Waals surface area contributed by atoms with E-state index < -0.39 is 0 Å². The van der Waals surface area contributed by atoms with Gasteiger partial charge in [-0.3, -0.25) is 0 Å². The van der Waals surface area contributed by atoms with E-state index >= 15 is 0 Å². The van der Waals surface area contributed by atoms with Gasteiger partial charge in [-0.25, -0.2) is 0 Å². The quantitative estimate of drug-likeness (QED) is 0.808. The van der Waals surface area contributed by atoms with Gasteiger partial charge in [0.2, 0.25) is 0 Å². The third kappa shape index (κ3) is 3.40. The predicted octanol–water partition coefficient (Wildman–Crippen LogP) is 4.56. The van der Waals surface area contributed by atoms with Gasteiger partial charge in [0, 0.05) is 16.6 Å². The van der Waals surface area contributed by atoms with Gasteiger partial charge in [-0.05, 0) is 60.9 Å².